The van der Waals surface area contributed by atoms with Crippen LogP contribution < -0.4 is 4.90 Å². The van der Waals surface area contributed by atoms with Gasteiger partial charge in [0.25, 0.3) is 0 Å². The Labute approximate surface area is 105 Å². The van der Waals surface area contributed by atoms with Crippen LogP contribution in [0.15, 0.2) is 23.6 Å². The fourth-order valence-electron chi connectivity index (χ4n) is 2.51. The minimum atomic E-state index is 0.851. The van der Waals surface area contributed by atoms with Crippen molar-refractivity contribution < 1.29 is 4.90 Å². The molecule has 1 aliphatic rings. The van der Waals surface area contributed by atoms with Gasteiger partial charge in [0.2, 0.25) is 0 Å². The maximum absolute atomic E-state index is 6.06. The molecule has 2 aromatic rings. The van der Waals surface area contributed by atoms with Crippen LogP contribution in [0.4, 0.5) is 0 Å². The van der Waals surface area contributed by atoms with E-state index in [2.05, 4.69) is 17.5 Å². The van der Waals surface area contributed by atoms with E-state index < -0.39 is 0 Å². The average Bonchev–Trinajstić information content (AvgIpc) is 2.90. The Morgan fingerprint density at radius 2 is 2.06 bits per heavy atom. The van der Waals surface area contributed by atoms with E-state index in [0.717, 1.165) is 5.02 Å². The Balaban J connectivity index is 1.93. The number of fused-ring (bicyclic) bond motifs is 1. The molecule has 0 amide bonds. The van der Waals surface area contributed by atoms with Gasteiger partial charge in [0.1, 0.15) is 6.54 Å². The van der Waals surface area contributed by atoms with Crippen molar-refractivity contribution in [2.75, 3.05) is 13.1 Å². The largest absolute Gasteiger partial charge is 0.331 e. The summed E-state index contributed by atoms with van der Waals surface area (Å²) in [5, 5.41) is 4.51. The van der Waals surface area contributed by atoms with Crippen LogP contribution in [-0.2, 0) is 6.54 Å². The van der Waals surface area contributed by atoms with Crippen molar-refractivity contribution in [3.63, 3.8) is 0 Å². The zero-order chi connectivity index (χ0) is 11.0. The van der Waals surface area contributed by atoms with E-state index in [1.807, 2.05) is 17.4 Å². The molecule has 0 radical (unpaired) electrons. The summed E-state index contributed by atoms with van der Waals surface area (Å²) >= 11 is 7.90. The number of rotatable bonds is 2. The molecule has 1 N–H and O–H groups in total. The van der Waals surface area contributed by atoms with Crippen LogP contribution >= 0.6 is 22.9 Å². The van der Waals surface area contributed by atoms with Crippen LogP contribution in [0, 0.1) is 0 Å². The van der Waals surface area contributed by atoms with Crippen molar-refractivity contribution in [3.05, 3.63) is 34.2 Å². The Hall–Kier alpha value is -0.570. The first kappa shape index (κ1) is 10.6. The molecule has 0 bridgehead atoms. The molecule has 3 heteroatoms. The molecule has 1 aliphatic heterocycles. The van der Waals surface area contributed by atoms with Gasteiger partial charge in [-0.15, -0.1) is 11.3 Å². The van der Waals surface area contributed by atoms with E-state index in [9.17, 15) is 0 Å². The predicted octanol–water partition coefficient (Wildman–Crippen LogP) is 2.73. The maximum Gasteiger partial charge on any atom is 0.104 e. The molecule has 0 unspecified atom stereocenters. The second-order valence-corrected chi connectivity index (χ2v) is 5.88. The molecule has 84 valence electrons. The minimum Gasteiger partial charge on any atom is -0.331 e. The number of hydrogen-bond acceptors (Lipinski definition) is 1. The Kier molecular flexibility index (Phi) is 2.88. The highest BCUT2D eigenvalue weighted by atomic mass is 35.5. The molecule has 3 rings (SSSR count). The molecule has 1 nitrogen and oxygen atoms in total. The van der Waals surface area contributed by atoms with Gasteiger partial charge in [-0.2, -0.15) is 0 Å². The van der Waals surface area contributed by atoms with Gasteiger partial charge in [0, 0.05) is 38.9 Å². The molecule has 0 saturated carbocycles. The summed E-state index contributed by atoms with van der Waals surface area (Å²) in [6.07, 6.45) is 2.77. The Morgan fingerprint density at radius 3 is 2.88 bits per heavy atom. The van der Waals surface area contributed by atoms with Crippen LogP contribution in [0.1, 0.15) is 18.4 Å². The number of halogens is 1. The molecule has 16 heavy (non-hydrogen) atoms. The monoisotopic (exact) mass is 252 g/mol. The molecular formula is C13H15ClNS+. The van der Waals surface area contributed by atoms with E-state index in [1.165, 1.54) is 48.1 Å². The van der Waals surface area contributed by atoms with E-state index in [0.29, 0.717) is 0 Å². The first-order chi connectivity index (χ1) is 7.83. The van der Waals surface area contributed by atoms with E-state index >= 15 is 0 Å². The van der Waals surface area contributed by atoms with Gasteiger partial charge in [0.15, 0.2) is 0 Å². The number of quaternary nitrogens is 1. The highest BCUT2D eigenvalue weighted by molar-refractivity contribution is 7.17. The summed E-state index contributed by atoms with van der Waals surface area (Å²) in [4.78, 5) is 1.72. The second kappa shape index (κ2) is 4.36. The Bertz CT molecular complexity index is 500. The highest BCUT2D eigenvalue weighted by Gasteiger charge is 2.17. The number of benzene rings is 1. The fourth-order valence-corrected chi connectivity index (χ4v) is 3.63. The summed E-state index contributed by atoms with van der Waals surface area (Å²) in [6, 6.07) is 6.22. The topological polar surface area (TPSA) is 4.44 Å². The highest BCUT2D eigenvalue weighted by Crippen LogP contribution is 2.28. The van der Waals surface area contributed by atoms with Crippen molar-refractivity contribution in [1.29, 1.82) is 0 Å². The second-order valence-electron chi connectivity index (χ2n) is 4.54. The van der Waals surface area contributed by atoms with Crippen LogP contribution in [0.25, 0.3) is 10.1 Å². The van der Waals surface area contributed by atoms with Crippen LogP contribution in [-0.4, -0.2) is 13.1 Å². The van der Waals surface area contributed by atoms with Gasteiger partial charge in [-0.25, -0.2) is 0 Å². The number of nitrogens with one attached hydrogen (secondary N) is 1. The van der Waals surface area contributed by atoms with Gasteiger partial charge >= 0.3 is 0 Å². The third-order valence-corrected chi connectivity index (χ3v) is 4.61. The molecule has 1 saturated heterocycles. The predicted molar refractivity (Wildman–Crippen MR) is 70.5 cm³/mol. The zero-order valence-electron chi connectivity index (χ0n) is 9.13. The molecule has 0 aliphatic carbocycles. The van der Waals surface area contributed by atoms with Crippen LogP contribution in [0.5, 0.6) is 0 Å². The van der Waals surface area contributed by atoms with Crippen molar-refractivity contribution >= 4 is 33.0 Å². The SMILES string of the molecule is Clc1ccc2scc(C[NH+]3CCCC3)c2c1. The Morgan fingerprint density at radius 1 is 1.25 bits per heavy atom. The molecular weight excluding hydrogens is 238 g/mol. The summed E-state index contributed by atoms with van der Waals surface area (Å²) in [5.41, 5.74) is 1.47. The molecule has 0 spiro atoms. The van der Waals surface area contributed by atoms with Gasteiger partial charge < -0.3 is 4.90 Å². The van der Waals surface area contributed by atoms with Gasteiger partial charge in [-0.3, -0.25) is 0 Å². The van der Waals surface area contributed by atoms with Gasteiger partial charge in [0.05, 0.1) is 13.1 Å². The lowest BCUT2D eigenvalue weighted by molar-refractivity contribution is -0.901. The van der Waals surface area contributed by atoms with Gasteiger partial charge in [-0.1, -0.05) is 11.6 Å². The summed E-state index contributed by atoms with van der Waals surface area (Å²) in [6.45, 7) is 3.83. The smallest absolute Gasteiger partial charge is 0.104 e. The third-order valence-electron chi connectivity index (χ3n) is 3.37. The molecule has 0 atom stereocenters. The lowest BCUT2D eigenvalue weighted by Crippen LogP contribution is -3.08. The molecule has 1 fully saturated rings. The normalized spacial score (nSPS) is 17.3. The lowest BCUT2D eigenvalue weighted by Gasteiger charge is -2.11. The third kappa shape index (κ3) is 1.97. The van der Waals surface area contributed by atoms with Gasteiger partial charge in [-0.05, 0) is 18.2 Å². The van der Waals surface area contributed by atoms with Crippen molar-refractivity contribution in [3.8, 4) is 0 Å². The standard InChI is InChI=1S/C13H14ClNS/c14-11-3-4-13-12(7-11)10(9-16-13)8-15-5-1-2-6-15/h3-4,7,9H,1-2,5-6,8H2/p+1. The van der Waals surface area contributed by atoms with Crippen molar-refractivity contribution in [1.82, 2.24) is 0 Å². The maximum atomic E-state index is 6.06. The van der Waals surface area contributed by atoms with Crippen molar-refractivity contribution in [2.24, 2.45) is 0 Å². The summed E-state index contributed by atoms with van der Waals surface area (Å²) in [5.74, 6) is 0. The first-order valence-corrected chi connectivity index (χ1v) is 7.08. The number of likely N-dealkylation sites (tertiary alicyclic amines) is 1. The molecule has 2 heterocycles. The average molecular weight is 253 g/mol. The molecule has 1 aromatic carbocycles. The summed E-state index contributed by atoms with van der Waals surface area (Å²) < 4.78 is 1.36. The van der Waals surface area contributed by atoms with E-state index in [1.54, 1.807) is 4.90 Å². The minimum absolute atomic E-state index is 0.851. The fraction of sp³-hybridized carbons (Fsp3) is 0.385. The molecule has 1 aromatic heterocycles. The van der Waals surface area contributed by atoms with E-state index in [4.69, 9.17) is 11.6 Å². The zero-order valence-corrected chi connectivity index (χ0v) is 10.7. The van der Waals surface area contributed by atoms with E-state index in [-0.39, 0.29) is 0 Å². The quantitative estimate of drug-likeness (QED) is 0.839. The number of hydrogen-bond donors (Lipinski definition) is 1. The first-order valence-electron chi connectivity index (χ1n) is 5.82. The van der Waals surface area contributed by atoms with Crippen LogP contribution in [0.3, 0.4) is 0 Å². The number of thiophene rings is 1. The lowest BCUT2D eigenvalue weighted by atomic mass is 10.2. The van der Waals surface area contributed by atoms with Crippen LogP contribution in [0.2, 0.25) is 5.02 Å². The van der Waals surface area contributed by atoms with Crippen molar-refractivity contribution in [2.45, 2.75) is 19.4 Å². The summed E-state index contributed by atoms with van der Waals surface area (Å²) in [7, 11) is 0.